The molecule has 2 atom stereocenters. The zero-order chi connectivity index (χ0) is 19.2. The summed E-state index contributed by atoms with van der Waals surface area (Å²) in [7, 11) is 3.20. The number of methoxy groups -OCH3 is 2. The van der Waals surface area contributed by atoms with Gasteiger partial charge >= 0.3 is 0 Å². The molecule has 0 radical (unpaired) electrons. The lowest BCUT2D eigenvalue weighted by atomic mass is 10.0. The van der Waals surface area contributed by atoms with Gasteiger partial charge in [-0.2, -0.15) is 0 Å². The monoisotopic (exact) mass is 371 g/mol. The molecular formula is C20H25N3O4. The fourth-order valence-corrected chi connectivity index (χ4v) is 3.20. The number of para-hydroxylation sites is 1. The maximum atomic E-state index is 12.4. The lowest BCUT2D eigenvalue weighted by Gasteiger charge is -2.12. The Labute approximate surface area is 158 Å². The molecule has 0 spiro atoms. The van der Waals surface area contributed by atoms with Gasteiger partial charge in [-0.05, 0) is 36.6 Å². The first-order valence-electron chi connectivity index (χ1n) is 8.90. The summed E-state index contributed by atoms with van der Waals surface area (Å²) in [5.74, 6) is 1.52. The van der Waals surface area contributed by atoms with Gasteiger partial charge in [0, 0.05) is 12.1 Å². The van der Waals surface area contributed by atoms with Crippen molar-refractivity contribution in [3.05, 3.63) is 53.6 Å². The predicted octanol–water partition coefficient (Wildman–Crippen LogP) is 1.68. The minimum Gasteiger partial charge on any atom is -0.508 e. The first kappa shape index (κ1) is 19.0. The SMILES string of the molecule is COc1ccc(CCNC(=O)C2CC(c3ccccc3O)NN2)cc1OC. The number of carbonyl (C=O) groups is 1. The molecule has 7 nitrogen and oxygen atoms in total. The second-order valence-corrected chi connectivity index (χ2v) is 6.42. The van der Waals surface area contributed by atoms with E-state index in [9.17, 15) is 9.90 Å². The van der Waals surface area contributed by atoms with Crippen molar-refractivity contribution in [1.82, 2.24) is 16.2 Å². The number of nitrogens with one attached hydrogen (secondary N) is 3. The molecule has 1 saturated heterocycles. The topological polar surface area (TPSA) is 91.9 Å². The van der Waals surface area contributed by atoms with Crippen LogP contribution in [0.1, 0.15) is 23.6 Å². The Morgan fingerprint density at radius 2 is 1.93 bits per heavy atom. The third kappa shape index (κ3) is 4.50. The van der Waals surface area contributed by atoms with Crippen molar-refractivity contribution < 1.29 is 19.4 Å². The summed E-state index contributed by atoms with van der Waals surface area (Å²) in [5, 5.41) is 12.9. The molecule has 2 aromatic rings. The number of carbonyl (C=O) groups excluding carboxylic acids is 1. The molecule has 2 aromatic carbocycles. The molecule has 3 rings (SSSR count). The van der Waals surface area contributed by atoms with Gasteiger partial charge < -0.3 is 19.9 Å². The standard InChI is InChI=1S/C20H25N3O4/c1-26-18-8-7-13(11-19(18)27-2)9-10-21-20(25)16-12-15(22-23-16)14-5-3-4-6-17(14)24/h3-8,11,15-16,22-24H,9-10,12H2,1-2H3,(H,21,25). The van der Waals surface area contributed by atoms with E-state index in [1.54, 1.807) is 26.4 Å². The smallest absolute Gasteiger partial charge is 0.238 e. The van der Waals surface area contributed by atoms with Gasteiger partial charge in [0.05, 0.1) is 20.3 Å². The van der Waals surface area contributed by atoms with Crippen LogP contribution in [-0.2, 0) is 11.2 Å². The fourth-order valence-electron chi connectivity index (χ4n) is 3.20. The summed E-state index contributed by atoms with van der Waals surface area (Å²) in [6, 6.07) is 12.4. The summed E-state index contributed by atoms with van der Waals surface area (Å²) in [6.45, 7) is 0.522. The molecule has 0 aromatic heterocycles. The quantitative estimate of drug-likeness (QED) is 0.592. The Hall–Kier alpha value is -2.77. The van der Waals surface area contributed by atoms with E-state index in [4.69, 9.17) is 9.47 Å². The number of phenols is 1. The van der Waals surface area contributed by atoms with Crippen molar-refractivity contribution in [3.8, 4) is 17.2 Å². The Balaban J connectivity index is 1.50. The number of hydrogen-bond donors (Lipinski definition) is 4. The Bertz CT molecular complexity index is 797. The van der Waals surface area contributed by atoms with Crippen LogP contribution in [0.2, 0.25) is 0 Å². The number of amides is 1. The maximum Gasteiger partial charge on any atom is 0.238 e. The third-order valence-corrected chi connectivity index (χ3v) is 4.69. The van der Waals surface area contributed by atoms with E-state index in [-0.39, 0.29) is 23.7 Å². The van der Waals surface area contributed by atoms with E-state index in [2.05, 4.69) is 16.2 Å². The second kappa shape index (κ2) is 8.75. The summed E-state index contributed by atoms with van der Waals surface area (Å²) < 4.78 is 10.5. The van der Waals surface area contributed by atoms with Crippen molar-refractivity contribution in [2.75, 3.05) is 20.8 Å². The number of rotatable bonds is 7. The van der Waals surface area contributed by atoms with Crippen molar-refractivity contribution in [2.45, 2.75) is 24.9 Å². The first-order valence-corrected chi connectivity index (χ1v) is 8.90. The average molecular weight is 371 g/mol. The van der Waals surface area contributed by atoms with E-state index in [1.165, 1.54) is 0 Å². The van der Waals surface area contributed by atoms with Crippen LogP contribution in [0.3, 0.4) is 0 Å². The average Bonchev–Trinajstić information content (AvgIpc) is 3.18. The highest BCUT2D eigenvalue weighted by molar-refractivity contribution is 5.82. The number of benzene rings is 2. The van der Waals surface area contributed by atoms with Gasteiger partial charge in [-0.3, -0.25) is 4.79 Å². The summed E-state index contributed by atoms with van der Waals surface area (Å²) in [6.07, 6.45) is 1.26. The zero-order valence-electron chi connectivity index (χ0n) is 15.5. The van der Waals surface area contributed by atoms with Crippen LogP contribution in [-0.4, -0.2) is 37.8 Å². The third-order valence-electron chi connectivity index (χ3n) is 4.69. The Morgan fingerprint density at radius 3 is 2.67 bits per heavy atom. The highest BCUT2D eigenvalue weighted by Gasteiger charge is 2.31. The summed E-state index contributed by atoms with van der Waals surface area (Å²) >= 11 is 0. The predicted molar refractivity (Wildman–Crippen MR) is 102 cm³/mol. The highest BCUT2D eigenvalue weighted by atomic mass is 16.5. The normalized spacial score (nSPS) is 18.9. The van der Waals surface area contributed by atoms with Crippen LogP contribution < -0.4 is 25.6 Å². The van der Waals surface area contributed by atoms with E-state index in [1.807, 2.05) is 30.3 Å². The Morgan fingerprint density at radius 1 is 1.15 bits per heavy atom. The molecule has 0 aliphatic carbocycles. The van der Waals surface area contributed by atoms with E-state index >= 15 is 0 Å². The number of aromatic hydroxyl groups is 1. The molecule has 27 heavy (non-hydrogen) atoms. The molecule has 0 bridgehead atoms. The van der Waals surface area contributed by atoms with Crippen LogP contribution >= 0.6 is 0 Å². The van der Waals surface area contributed by atoms with Crippen LogP contribution in [0.5, 0.6) is 17.2 Å². The molecule has 1 fully saturated rings. The molecule has 2 unspecified atom stereocenters. The van der Waals surface area contributed by atoms with Crippen molar-refractivity contribution in [1.29, 1.82) is 0 Å². The maximum absolute atomic E-state index is 12.4. The molecule has 7 heteroatoms. The van der Waals surface area contributed by atoms with Crippen molar-refractivity contribution >= 4 is 5.91 Å². The number of hydrogen-bond acceptors (Lipinski definition) is 6. The second-order valence-electron chi connectivity index (χ2n) is 6.42. The van der Waals surface area contributed by atoms with Gasteiger partial charge in [0.25, 0.3) is 0 Å². The number of phenolic OH excluding ortho intramolecular Hbond substituents is 1. The fraction of sp³-hybridized carbons (Fsp3) is 0.350. The van der Waals surface area contributed by atoms with E-state index in [0.717, 1.165) is 11.1 Å². The summed E-state index contributed by atoms with van der Waals surface area (Å²) in [4.78, 5) is 12.4. The lowest BCUT2D eigenvalue weighted by molar-refractivity contribution is -0.122. The molecule has 144 valence electrons. The molecule has 0 saturated carbocycles. The summed E-state index contributed by atoms with van der Waals surface area (Å²) in [5.41, 5.74) is 7.92. The van der Waals surface area contributed by atoms with E-state index in [0.29, 0.717) is 30.9 Å². The number of ether oxygens (including phenoxy) is 2. The van der Waals surface area contributed by atoms with Crippen LogP contribution in [0.4, 0.5) is 0 Å². The van der Waals surface area contributed by atoms with Gasteiger partial charge in [0.1, 0.15) is 11.8 Å². The van der Waals surface area contributed by atoms with Crippen LogP contribution in [0, 0.1) is 0 Å². The van der Waals surface area contributed by atoms with Gasteiger partial charge in [-0.25, -0.2) is 10.9 Å². The minimum atomic E-state index is -0.347. The molecule has 4 N–H and O–H groups in total. The van der Waals surface area contributed by atoms with Gasteiger partial charge in [0.15, 0.2) is 11.5 Å². The van der Waals surface area contributed by atoms with Gasteiger partial charge in [0.2, 0.25) is 5.91 Å². The molecular weight excluding hydrogens is 346 g/mol. The lowest BCUT2D eigenvalue weighted by Crippen LogP contribution is -2.43. The van der Waals surface area contributed by atoms with Crippen LogP contribution in [0.25, 0.3) is 0 Å². The Kier molecular flexibility index (Phi) is 6.16. The molecule has 1 aliphatic heterocycles. The van der Waals surface area contributed by atoms with Gasteiger partial charge in [-0.15, -0.1) is 0 Å². The number of hydrazine groups is 1. The molecule has 1 amide bonds. The highest BCUT2D eigenvalue weighted by Crippen LogP contribution is 2.29. The van der Waals surface area contributed by atoms with Gasteiger partial charge in [-0.1, -0.05) is 24.3 Å². The largest absolute Gasteiger partial charge is 0.508 e. The van der Waals surface area contributed by atoms with Crippen LogP contribution in [0.15, 0.2) is 42.5 Å². The molecule has 1 aliphatic rings. The van der Waals surface area contributed by atoms with Crippen molar-refractivity contribution in [3.63, 3.8) is 0 Å². The first-order chi connectivity index (χ1) is 13.1. The molecule has 1 heterocycles. The van der Waals surface area contributed by atoms with Crippen molar-refractivity contribution in [2.24, 2.45) is 0 Å². The van der Waals surface area contributed by atoms with E-state index < -0.39 is 0 Å². The minimum absolute atomic E-state index is 0.0686. The zero-order valence-corrected chi connectivity index (χ0v) is 15.5.